The zero-order valence-electron chi connectivity index (χ0n) is 14.1. The minimum Gasteiger partial charge on any atom is -0.492 e. The molecule has 3 rings (SSSR count). The van der Waals surface area contributed by atoms with Crippen LogP contribution in [0.15, 0.2) is 43.0 Å². The van der Waals surface area contributed by atoms with Gasteiger partial charge in [-0.3, -0.25) is 9.69 Å². The summed E-state index contributed by atoms with van der Waals surface area (Å²) in [5.41, 5.74) is 1.24. The van der Waals surface area contributed by atoms with Crippen LogP contribution in [0.5, 0.6) is 5.75 Å². The van der Waals surface area contributed by atoms with E-state index in [-0.39, 0.29) is 5.91 Å². The van der Waals surface area contributed by atoms with Gasteiger partial charge in [0.1, 0.15) is 12.4 Å². The largest absolute Gasteiger partial charge is 0.492 e. The van der Waals surface area contributed by atoms with Crippen LogP contribution in [-0.2, 0) is 17.9 Å². The molecule has 0 unspecified atom stereocenters. The number of likely N-dealkylation sites (N-methyl/N-ethyl adjacent to an activating group) is 1. The third-order valence-electron chi connectivity index (χ3n) is 4.33. The zero-order valence-corrected chi connectivity index (χ0v) is 14.1. The van der Waals surface area contributed by atoms with E-state index in [1.807, 2.05) is 34.8 Å². The Kier molecular flexibility index (Phi) is 5.48. The van der Waals surface area contributed by atoms with E-state index in [1.165, 1.54) is 5.56 Å². The first-order valence-electron chi connectivity index (χ1n) is 8.34. The number of benzene rings is 1. The average Bonchev–Trinajstić information content (AvgIpc) is 3.06. The van der Waals surface area contributed by atoms with E-state index in [4.69, 9.17) is 4.74 Å². The second kappa shape index (κ2) is 7.97. The molecule has 0 atom stereocenters. The van der Waals surface area contributed by atoms with Crippen molar-refractivity contribution in [3.63, 3.8) is 0 Å². The van der Waals surface area contributed by atoms with Gasteiger partial charge in [0.2, 0.25) is 5.91 Å². The number of hydrogen-bond acceptors (Lipinski definition) is 4. The summed E-state index contributed by atoms with van der Waals surface area (Å²) in [5, 5.41) is 0. The number of ether oxygens (including phenoxy) is 1. The third-order valence-corrected chi connectivity index (χ3v) is 4.33. The van der Waals surface area contributed by atoms with E-state index in [2.05, 4.69) is 22.0 Å². The van der Waals surface area contributed by atoms with Crippen LogP contribution in [0, 0.1) is 0 Å². The zero-order chi connectivity index (χ0) is 16.8. The van der Waals surface area contributed by atoms with Crippen LogP contribution in [0.2, 0.25) is 0 Å². The molecule has 6 heteroatoms. The van der Waals surface area contributed by atoms with Crippen molar-refractivity contribution in [2.45, 2.75) is 19.5 Å². The second-order valence-corrected chi connectivity index (χ2v) is 6.13. The molecule has 1 aliphatic heterocycles. The van der Waals surface area contributed by atoms with E-state index in [9.17, 15) is 4.79 Å². The van der Waals surface area contributed by atoms with Gasteiger partial charge < -0.3 is 14.2 Å². The molecule has 0 aliphatic carbocycles. The highest BCUT2D eigenvalue weighted by molar-refractivity contribution is 5.76. The molecule has 2 aromatic rings. The lowest BCUT2D eigenvalue weighted by molar-refractivity contribution is -0.129. The normalized spacial score (nSPS) is 16.2. The van der Waals surface area contributed by atoms with Crippen LogP contribution >= 0.6 is 0 Å². The number of aromatic nitrogens is 2. The SMILES string of the molecule is CN1CCN(Cc2ccc(OCCn3ccnc3)cc2)CCC1=O. The molecule has 0 spiro atoms. The van der Waals surface area contributed by atoms with Crippen molar-refractivity contribution in [1.29, 1.82) is 0 Å². The molecule has 24 heavy (non-hydrogen) atoms. The van der Waals surface area contributed by atoms with E-state index in [1.54, 1.807) is 12.5 Å². The predicted molar refractivity (Wildman–Crippen MR) is 91.7 cm³/mol. The van der Waals surface area contributed by atoms with Crippen LogP contribution < -0.4 is 4.74 Å². The Morgan fingerprint density at radius 3 is 2.75 bits per heavy atom. The summed E-state index contributed by atoms with van der Waals surface area (Å²) in [7, 11) is 1.88. The molecule has 1 aliphatic rings. The molecule has 2 heterocycles. The van der Waals surface area contributed by atoms with Gasteiger partial charge >= 0.3 is 0 Å². The highest BCUT2D eigenvalue weighted by Gasteiger charge is 2.17. The van der Waals surface area contributed by atoms with Gasteiger partial charge in [-0.25, -0.2) is 4.98 Å². The van der Waals surface area contributed by atoms with Gasteiger partial charge in [0.15, 0.2) is 0 Å². The third kappa shape index (κ3) is 4.58. The van der Waals surface area contributed by atoms with Crippen molar-refractivity contribution in [3.8, 4) is 5.75 Å². The maximum atomic E-state index is 11.7. The van der Waals surface area contributed by atoms with Crippen molar-refractivity contribution >= 4 is 5.91 Å². The summed E-state index contributed by atoms with van der Waals surface area (Å²) in [4.78, 5) is 19.9. The van der Waals surface area contributed by atoms with E-state index >= 15 is 0 Å². The van der Waals surface area contributed by atoms with Gasteiger partial charge in [-0.2, -0.15) is 0 Å². The second-order valence-electron chi connectivity index (χ2n) is 6.13. The summed E-state index contributed by atoms with van der Waals surface area (Å²) in [6.45, 7) is 4.83. The Morgan fingerprint density at radius 1 is 1.17 bits per heavy atom. The van der Waals surface area contributed by atoms with Crippen LogP contribution in [0.1, 0.15) is 12.0 Å². The standard InChI is InChI=1S/C18H24N4O2/c1-20-10-11-21(8-6-18(20)23)14-16-2-4-17(5-3-16)24-13-12-22-9-7-19-15-22/h2-5,7,9,15H,6,8,10-14H2,1H3. The Hall–Kier alpha value is -2.34. The number of hydrogen-bond donors (Lipinski definition) is 0. The molecular weight excluding hydrogens is 304 g/mol. The first-order valence-corrected chi connectivity index (χ1v) is 8.34. The van der Waals surface area contributed by atoms with Crippen molar-refractivity contribution in [2.75, 3.05) is 33.3 Å². The lowest BCUT2D eigenvalue weighted by Gasteiger charge is -2.20. The maximum absolute atomic E-state index is 11.7. The topological polar surface area (TPSA) is 50.6 Å². The number of amides is 1. The average molecular weight is 328 g/mol. The molecule has 1 aromatic carbocycles. The Bertz CT molecular complexity index is 640. The van der Waals surface area contributed by atoms with Crippen molar-refractivity contribution < 1.29 is 9.53 Å². The number of carbonyl (C=O) groups is 1. The van der Waals surface area contributed by atoms with Crippen LogP contribution in [-0.4, -0.2) is 58.5 Å². The van der Waals surface area contributed by atoms with Crippen LogP contribution in [0.25, 0.3) is 0 Å². The Balaban J connectivity index is 1.46. The van der Waals surface area contributed by atoms with Gasteiger partial charge in [0.05, 0.1) is 12.9 Å². The van der Waals surface area contributed by atoms with E-state index in [0.717, 1.165) is 38.5 Å². The number of rotatable bonds is 6. The molecule has 1 fully saturated rings. The summed E-state index contributed by atoms with van der Waals surface area (Å²) >= 11 is 0. The Morgan fingerprint density at radius 2 is 2.00 bits per heavy atom. The maximum Gasteiger partial charge on any atom is 0.223 e. The van der Waals surface area contributed by atoms with Crippen molar-refractivity contribution in [2.24, 2.45) is 0 Å². The lowest BCUT2D eigenvalue weighted by Crippen LogP contribution is -2.29. The Labute approximate surface area is 142 Å². The smallest absolute Gasteiger partial charge is 0.223 e. The highest BCUT2D eigenvalue weighted by atomic mass is 16.5. The van der Waals surface area contributed by atoms with Crippen LogP contribution in [0.4, 0.5) is 0 Å². The summed E-state index contributed by atoms with van der Waals surface area (Å²) in [5.74, 6) is 1.11. The van der Waals surface area contributed by atoms with Gasteiger partial charge in [0.25, 0.3) is 0 Å². The molecular formula is C18H24N4O2. The van der Waals surface area contributed by atoms with Crippen molar-refractivity contribution in [1.82, 2.24) is 19.4 Å². The predicted octanol–water partition coefficient (Wildman–Crippen LogP) is 1.63. The quantitative estimate of drug-likeness (QED) is 0.809. The van der Waals surface area contributed by atoms with Gasteiger partial charge in [0, 0.05) is 52.0 Å². The number of nitrogens with zero attached hydrogens (tertiary/aromatic N) is 4. The molecule has 0 radical (unpaired) electrons. The fourth-order valence-electron chi connectivity index (χ4n) is 2.77. The number of carbonyl (C=O) groups excluding carboxylic acids is 1. The fraction of sp³-hybridized carbons (Fsp3) is 0.444. The minimum absolute atomic E-state index is 0.235. The van der Waals surface area contributed by atoms with Gasteiger partial charge in [-0.1, -0.05) is 12.1 Å². The van der Waals surface area contributed by atoms with Gasteiger partial charge in [-0.15, -0.1) is 0 Å². The lowest BCUT2D eigenvalue weighted by atomic mass is 10.2. The molecule has 0 bridgehead atoms. The molecule has 6 nitrogen and oxygen atoms in total. The first-order chi connectivity index (χ1) is 11.7. The van der Waals surface area contributed by atoms with E-state index < -0.39 is 0 Å². The summed E-state index contributed by atoms with van der Waals surface area (Å²) < 4.78 is 7.75. The number of imidazole rings is 1. The molecule has 1 saturated heterocycles. The summed E-state index contributed by atoms with van der Waals surface area (Å²) in [6, 6.07) is 8.22. The van der Waals surface area contributed by atoms with Crippen LogP contribution in [0.3, 0.4) is 0 Å². The highest BCUT2D eigenvalue weighted by Crippen LogP contribution is 2.15. The molecule has 0 saturated carbocycles. The first kappa shape index (κ1) is 16.5. The van der Waals surface area contributed by atoms with Gasteiger partial charge in [-0.05, 0) is 17.7 Å². The van der Waals surface area contributed by atoms with Crippen molar-refractivity contribution in [3.05, 3.63) is 48.5 Å². The van der Waals surface area contributed by atoms with E-state index in [0.29, 0.717) is 13.0 Å². The molecule has 1 amide bonds. The molecule has 0 N–H and O–H groups in total. The monoisotopic (exact) mass is 328 g/mol. The molecule has 1 aromatic heterocycles. The molecule has 128 valence electrons. The fourth-order valence-corrected chi connectivity index (χ4v) is 2.77. The minimum atomic E-state index is 0.235. The summed E-state index contributed by atoms with van der Waals surface area (Å²) in [6.07, 6.45) is 6.08.